The second-order valence-corrected chi connectivity index (χ2v) is 17.0. The summed E-state index contributed by atoms with van der Waals surface area (Å²) in [6.07, 6.45) is 3.18. The molecular formula is C48H50Cl2N6O2. The normalized spacial score (nSPS) is 14.2. The lowest BCUT2D eigenvalue weighted by Gasteiger charge is -2.35. The molecule has 3 aromatic carbocycles. The van der Waals surface area contributed by atoms with Gasteiger partial charge in [0.15, 0.2) is 0 Å². The Hall–Kier alpha value is -5.31. The topological polar surface area (TPSA) is 70.1 Å². The first-order valence-corrected chi connectivity index (χ1v) is 20.7. The molecule has 7 aromatic rings. The van der Waals surface area contributed by atoms with Gasteiger partial charge in [-0.1, -0.05) is 41.4 Å². The molecule has 8 nitrogen and oxygen atoms in total. The number of nitrogens with zero attached hydrogens (tertiary/aromatic N) is 6. The quantitative estimate of drug-likeness (QED) is 0.129. The van der Waals surface area contributed by atoms with E-state index in [2.05, 4.69) is 73.7 Å². The molecule has 5 heterocycles. The number of hydrogen-bond acceptors (Lipinski definition) is 4. The van der Waals surface area contributed by atoms with Crippen LogP contribution in [-0.2, 0) is 20.0 Å². The maximum Gasteiger partial charge on any atom is 0.275 e. The number of aromatic nitrogens is 5. The van der Waals surface area contributed by atoms with E-state index in [1.807, 2.05) is 74.8 Å². The van der Waals surface area contributed by atoms with Crippen LogP contribution < -0.4 is 9.64 Å². The molecule has 1 atom stereocenters. The van der Waals surface area contributed by atoms with Crippen LogP contribution in [0.3, 0.4) is 0 Å². The molecule has 1 amide bonds. The molecule has 0 spiro atoms. The van der Waals surface area contributed by atoms with Gasteiger partial charge in [-0.15, -0.1) is 0 Å². The summed E-state index contributed by atoms with van der Waals surface area (Å²) in [6, 6.07) is 18.6. The minimum absolute atomic E-state index is 0.0319. The summed E-state index contributed by atoms with van der Waals surface area (Å²) in [6.45, 7) is 22.2. The van der Waals surface area contributed by atoms with E-state index >= 15 is 4.79 Å². The summed E-state index contributed by atoms with van der Waals surface area (Å²) in [5.74, 6) is 0.759. The molecule has 1 aliphatic rings. The summed E-state index contributed by atoms with van der Waals surface area (Å²) < 4.78 is 12.8. The van der Waals surface area contributed by atoms with E-state index in [1.54, 1.807) is 0 Å². The minimum Gasteiger partial charge on any atom is -0.494 e. The zero-order valence-corrected chi connectivity index (χ0v) is 36.4. The molecule has 298 valence electrons. The van der Waals surface area contributed by atoms with E-state index in [-0.39, 0.29) is 11.9 Å². The molecule has 0 aliphatic carbocycles. The third kappa shape index (κ3) is 6.70. The van der Waals surface area contributed by atoms with Crippen molar-refractivity contribution in [2.24, 2.45) is 7.05 Å². The van der Waals surface area contributed by atoms with E-state index in [0.717, 1.165) is 106 Å². The third-order valence-corrected chi connectivity index (χ3v) is 12.7. The van der Waals surface area contributed by atoms with Gasteiger partial charge in [0.25, 0.3) is 5.91 Å². The fraction of sp³-hybridized carbons (Fsp3) is 0.312. The number of carbonyl (C=O) groups excluding carboxylic acids is 1. The minimum atomic E-state index is -0.0799. The van der Waals surface area contributed by atoms with E-state index in [0.29, 0.717) is 43.3 Å². The Balaban J connectivity index is 1.27. The van der Waals surface area contributed by atoms with Crippen molar-refractivity contribution in [2.75, 3.05) is 18.1 Å². The average molecular weight is 814 g/mol. The highest BCUT2D eigenvalue weighted by Gasteiger charge is 2.38. The fourth-order valence-electron chi connectivity index (χ4n) is 9.01. The molecule has 0 fully saturated rings. The summed E-state index contributed by atoms with van der Waals surface area (Å²) in [5.41, 5.74) is 15.6. The van der Waals surface area contributed by atoms with Crippen molar-refractivity contribution in [1.82, 2.24) is 23.9 Å². The fourth-order valence-corrected chi connectivity index (χ4v) is 9.37. The first-order valence-electron chi connectivity index (χ1n) is 19.9. The highest BCUT2D eigenvalue weighted by Crippen LogP contribution is 2.46. The molecule has 58 heavy (non-hydrogen) atoms. The van der Waals surface area contributed by atoms with Crippen LogP contribution in [0.15, 0.2) is 67.4 Å². The molecule has 8 rings (SSSR count). The molecule has 0 N–H and O–H groups in total. The molecule has 0 bridgehead atoms. The summed E-state index contributed by atoms with van der Waals surface area (Å²) >= 11 is 13.6. The van der Waals surface area contributed by atoms with Crippen LogP contribution in [0.2, 0.25) is 10.0 Å². The zero-order chi connectivity index (χ0) is 41.3. The van der Waals surface area contributed by atoms with Gasteiger partial charge in [-0.2, -0.15) is 5.10 Å². The monoisotopic (exact) mass is 812 g/mol. The molecule has 0 radical (unpaired) electrons. The van der Waals surface area contributed by atoms with Crippen LogP contribution >= 0.6 is 23.2 Å². The number of amides is 1. The van der Waals surface area contributed by atoms with Crippen LogP contribution in [-0.4, -0.2) is 43.0 Å². The van der Waals surface area contributed by atoms with Gasteiger partial charge in [-0.3, -0.25) is 14.5 Å². The molecule has 0 unspecified atom stereocenters. The molecule has 4 aromatic heterocycles. The number of allylic oxidation sites excluding steroid dienone is 1. The number of hydrogen-bond donors (Lipinski definition) is 0. The number of benzene rings is 3. The van der Waals surface area contributed by atoms with Gasteiger partial charge >= 0.3 is 0 Å². The van der Waals surface area contributed by atoms with Crippen LogP contribution in [0.25, 0.3) is 38.5 Å². The van der Waals surface area contributed by atoms with Crippen molar-refractivity contribution in [3.63, 3.8) is 0 Å². The predicted molar refractivity (Wildman–Crippen MR) is 239 cm³/mol. The standard InChI is InChI=1S/C48H50Cl2N6O2/c1-26(2)34-15-16-51-36(23-34)25-54-30(6)22-35-18-27(3)19-41(45(35)54)55-24-31(7)56-46-39(13-14-40(49)43(46)42-32(8)52-53(10)33(42)9)38(47(56)48(55)57)12-11-17-58-37-20-28(4)44(50)29(5)21-37/h13-16,18-23,31H,1,11-12,17,24-25H2,2-10H3/t31-/m1/s1. The molecule has 0 saturated heterocycles. The summed E-state index contributed by atoms with van der Waals surface area (Å²) in [5, 5.41) is 8.28. The number of pyridine rings is 1. The number of halogens is 2. The van der Waals surface area contributed by atoms with Crippen LogP contribution in [0.5, 0.6) is 5.75 Å². The SMILES string of the molecule is C=C(C)c1ccnc(Cn2c(C)cc3cc(C)cc(N4C[C@@H](C)n5c(c(CCCOc6cc(C)c(Cl)c(C)c6)c6ccc(Cl)c(-c7c(C)nn(C)c7C)c65)C4=O)c32)c1. The van der Waals surface area contributed by atoms with E-state index < -0.39 is 0 Å². The van der Waals surface area contributed by atoms with Crippen molar-refractivity contribution < 1.29 is 9.53 Å². The van der Waals surface area contributed by atoms with Gasteiger partial charge in [-0.25, -0.2) is 0 Å². The molecule has 0 saturated carbocycles. The van der Waals surface area contributed by atoms with Crippen molar-refractivity contribution in [3.8, 4) is 16.9 Å². The van der Waals surface area contributed by atoms with Crippen molar-refractivity contribution in [2.45, 2.75) is 80.8 Å². The number of fused-ring (bicyclic) bond motifs is 4. The van der Waals surface area contributed by atoms with E-state index in [9.17, 15) is 0 Å². The van der Waals surface area contributed by atoms with E-state index in [1.165, 1.54) is 0 Å². The Morgan fingerprint density at radius 1 is 0.948 bits per heavy atom. The molecular weight excluding hydrogens is 763 g/mol. The Labute approximate surface area is 350 Å². The number of ether oxygens (including phenoxy) is 1. The van der Waals surface area contributed by atoms with Crippen LogP contribution in [0.4, 0.5) is 5.69 Å². The number of anilines is 1. The van der Waals surface area contributed by atoms with Gasteiger partial charge in [0.1, 0.15) is 11.4 Å². The van der Waals surface area contributed by atoms with Crippen molar-refractivity contribution in [1.29, 1.82) is 0 Å². The predicted octanol–water partition coefficient (Wildman–Crippen LogP) is 11.9. The Kier molecular flexibility index (Phi) is 10.3. The second-order valence-electron chi connectivity index (χ2n) is 16.2. The zero-order valence-electron chi connectivity index (χ0n) is 34.8. The summed E-state index contributed by atoms with van der Waals surface area (Å²) in [4.78, 5) is 22.3. The maximum absolute atomic E-state index is 15.5. The third-order valence-electron chi connectivity index (χ3n) is 11.8. The lowest BCUT2D eigenvalue weighted by molar-refractivity contribution is 0.0957. The average Bonchev–Trinajstić information content (AvgIpc) is 3.76. The smallest absolute Gasteiger partial charge is 0.275 e. The van der Waals surface area contributed by atoms with Gasteiger partial charge in [-0.05, 0) is 145 Å². The number of aryl methyl sites for hydroxylation is 7. The van der Waals surface area contributed by atoms with Crippen LogP contribution in [0.1, 0.15) is 87.4 Å². The lowest BCUT2D eigenvalue weighted by atomic mass is 9.98. The van der Waals surface area contributed by atoms with Crippen molar-refractivity contribution in [3.05, 3.63) is 134 Å². The maximum atomic E-state index is 15.5. The highest BCUT2D eigenvalue weighted by molar-refractivity contribution is 6.35. The van der Waals surface area contributed by atoms with Gasteiger partial charge in [0.05, 0.1) is 46.3 Å². The molecule has 1 aliphatic heterocycles. The number of carbonyl (C=O) groups is 1. The van der Waals surface area contributed by atoms with Gasteiger partial charge in [0, 0.05) is 64.1 Å². The largest absolute Gasteiger partial charge is 0.494 e. The second kappa shape index (κ2) is 15.1. The van der Waals surface area contributed by atoms with Crippen molar-refractivity contribution >= 4 is 62.2 Å². The highest BCUT2D eigenvalue weighted by atomic mass is 35.5. The lowest BCUT2D eigenvalue weighted by Crippen LogP contribution is -2.43. The van der Waals surface area contributed by atoms with Gasteiger partial charge in [0.2, 0.25) is 0 Å². The Morgan fingerprint density at radius 3 is 2.38 bits per heavy atom. The number of rotatable bonds is 10. The van der Waals surface area contributed by atoms with E-state index in [4.69, 9.17) is 38.0 Å². The first kappa shape index (κ1) is 39.5. The Morgan fingerprint density at radius 2 is 1.69 bits per heavy atom. The van der Waals surface area contributed by atoms with Crippen LogP contribution in [0, 0.1) is 41.5 Å². The molecule has 10 heteroatoms. The first-order chi connectivity index (χ1) is 27.6. The Bertz CT molecular complexity index is 2800. The summed E-state index contributed by atoms with van der Waals surface area (Å²) in [7, 11) is 1.96. The van der Waals surface area contributed by atoms with Gasteiger partial charge < -0.3 is 18.8 Å².